The summed E-state index contributed by atoms with van der Waals surface area (Å²) in [6.45, 7) is 1.74. The van der Waals surface area contributed by atoms with E-state index in [1.165, 1.54) is 0 Å². The molecule has 0 saturated heterocycles. The third kappa shape index (κ3) is 2.80. The summed E-state index contributed by atoms with van der Waals surface area (Å²) in [4.78, 5) is 16.7. The minimum Gasteiger partial charge on any atom is -0.348 e. The van der Waals surface area contributed by atoms with E-state index >= 15 is 0 Å². The number of nitrogens with zero attached hydrogens (tertiary/aromatic N) is 2. The maximum atomic E-state index is 12.5. The van der Waals surface area contributed by atoms with E-state index in [1.54, 1.807) is 19.1 Å². The molecule has 1 aliphatic rings. The summed E-state index contributed by atoms with van der Waals surface area (Å²) in [5, 5.41) is 6.78. The van der Waals surface area contributed by atoms with E-state index in [4.69, 9.17) is 10.3 Å². The van der Waals surface area contributed by atoms with Gasteiger partial charge in [-0.2, -0.15) is 4.98 Å². The lowest BCUT2D eigenvalue weighted by atomic mass is 10.1. The van der Waals surface area contributed by atoms with E-state index in [0.29, 0.717) is 22.8 Å². The zero-order chi connectivity index (χ0) is 14.8. The lowest BCUT2D eigenvalue weighted by Gasteiger charge is -2.17. The standard InChI is InChI=1S/C15H18N4O2/c1-9-17-15(21-19-9)11-6-3-2-5-10(11)14(20)18-13-8-4-7-12(13)16/h2-3,5-6,12-13H,4,7-8,16H2,1H3,(H,18,20)/t12-,13+/m0/s1. The molecule has 0 aliphatic heterocycles. The lowest BCUT2D eigenvalue weighted by Crippen LogP contribution is -2.44. The molecule has 1 aromatic carbocycles. The van der Waals surface area contributed by atoms with Crippen LogP contribution in [0.1, 0.15) is 35.4 Å². The number of hydrogen-bond acceptors (Lipinski definition) is 5. The molecule has 3 rings (SSSR count). The molecule has 2 atom stereocenters. The molecule has 1 saturated carbocycles. The van der Waals surface area contributed by atoms with Crippen molar-refractivity contribution >= 4 is 5.91 Å². The number of carbonyl (C=O) groups is 1. The molecular weight excluding hydrogens is 268 g/mol. The van der Waals surface area contributed by atoms with Crippen LogP contribution in [-0.4, -0.2) is 28.1 Å². The summed E-state index contributed by atoms with van der Waals surface area (Å²) in [6.07, 6.45) is 2.93. The maximum absolute atomic E-state index is 12.5. The van der Waals surface area contributed by atoms with Crippen molar-refractivity contribution in [3.63, 3.8) is 0 Å². The summed E-state index contributed by atoms with van der Waals surface area (Å²) in [5.41, 5.74) is 7.17. The van der Waals surface area contributed by atoms with Crippen molar-refractivity contribution in [1.82, 2.24) is 15.5 Å². The maximum Gasteiger partial charge on any atom is 0.258 e. The van der Waals surface area contributed by atoms with Crippen LogP contribution in [0, 0.1) is 6.92 Å². The summed E-state index contributed by atoms with van der Waals surface area (Å²) < 4.78 is 5.17. The Kier molecular flexibility index (Phi) is 3.70. The molecule has 21 heavy (non-hydrogen) atoms. The molecule has 1 aromatic heterocycles. The monoisotopic (exact) mass is 286 g/mol. The number of hydrogen-bond donors (Lipinski definition) is 2. The van der Waals surface area contributed by atoms with Crippen molar-refractivity contribution in [1.29, 1.82) is 0 Å². The minimum absolute atomic E-state index is 0.0340. The molecule has 1 fully saturated rings. The fraction of sp³-hybridized carbons (Fsp3) is 0.400. The highest BCUT2D eigenvalue weighted by Gasteiger charge is 2.27. The van der Waals surface area contributed by atoms with Crippen LogP contribution in [0.25, 0.3) is 11.5 Å². The molecule has 2 aromatic rings. The van der Waals surface area contributed by atoms with E-state index in [1.807, 2.05) is 12.1 Å². The van der Waals surface area contributed by atoms with Crippen LogP contribution in [0.3, 0.4) is 0 Å². The van der Waals surface area contributed by atoms with E-state index in [0.717, 1.165) is 19.3 Å². The van der Waals surface area contributed by atoms with Gasteiger partial charge in [-0.05, 0) is 38.3 Å². The predicted molar refractivity (Wildman–Crippen MR) is 77.6 cm³/mol. The number of benzene rings is 1. The highest BCUT2D eigenvalue weighted by atomic mass is 16.5. The van der Waals surface area contributed by atoms with Crippen LogP contribution in [0.2, 0.25) is 0 Å². The van der Waals surface area contributed by atoms with Crippen molar-refractivity contribution < 1.29 is 9.32 Å². The highest BCUT2D eigenvalue weighted by molar-refractivity contribution is 6.00. The molecule has 1 heterocycles. The van der Waals surface area contributed by atoms with Gasteiger partial charge < -0.3 is 15.6 Å². The fourth-order valence-electron chi connectivity index (χ4n) is 2.69. The molecule has 0 bridgehead atoms. The van der Waals surface area contributed by atoms with Gasteiger partial charge >= 0.3 is 0 Å². The fourth-order valence-corrected chi connectivity index (χ4v) is 2.69. The first-order chi connectivity index (χ1) is 10.1. The number of aromatic nitrogens is 2. The Bertz CT molecular complexity index is 653. The highest BCUT2D eigenvalue weighted by Crippen LogP contribution is 2.23. The SMILES string of the molecule is Cc1noc(-c2ccccc2C(=O)N[C@@H]2CCC[C@@H]2N)n1. The quantitative estimate of drug-likeness (QED) is 0.894. The molecule has 0 spiro atoms. The van der Waals surface area contributed by atoms with Gasteiger partial charge in [-0.15, -0.1) is 0 Å². The first kappa shape index (κ1) is 13.8. The molecule has 0 unspecified atom stereocenters. The number of rotatable bonds is 3. The van der Waals surface area contributed by atoms with Crippen LogP contribution in [0.4, 0.5) is 0 Å². The van der Waals surface area contributed by atoms with Crippen molar-refractivity contribution in [2.24, 2.45) is 5.73 Å². The molecular formula is C15H18N4O2. The predicted octanol–water partition coefficient (Wildman–Crippen LogP) is 1.65. The van der Waals surface area contributed by atoms with Crippen molar-refractivity contribution in [3.8, 4) is 11.5 Å². The summed E-state index contributed by atoms with van der Waals surface area (Å²) in [6, 6.07) is 7.28. The van der Waals surface area contributed by atoms with Crippen LogP contribution in [0.15, 0.2) is 28.8 Å². The first-order valence-corrected chi connectivity index (χ1v) is 7.11. The van der Waals surface area contributed by atoms with Crippen LogP contribution in [-0.2, 0) is 0 Å². The Labute approximate surface area is 122 Å². The smallest absolute Gasteiger partial charge is 0.258 e. The molecule has 1 amide bonds. The third-order valence-corrected chi connectivity index (χ3v) is 3.82. The zero-order valence-corrected chi connectivity index (χ0v) is 11.9. The molecule has 110 valence electrons. The summed E-state index contributed by atoms with van der Waals surface area (Å²) in [5.74, 6) is 0.746. The number of aryl methyl sites for hydroxylation is 1. The topological polar surface area (TPSA) is 94.0 Å². The Balaban J connectivity index is 1.86. The Morgan fingerprint density at radius 2 is 2.19 bits per heavy atom. The van der Waals surface area contributed by atoms with Crippen LogP contribution in [0.5, 0.6) is 0 Å². The second kappa shape index (κ2) is 5.65. The van der Waals surface area contributed by atoms with Gasteiger partial charge in [-0.25, -0.2) is 0 Å². The average Bonchev–Trinajstić information content (AvgIpc) is 3.08. The zero-order valence-electron chi connectivity index (χ0n) is 11.9. The number of amides is 1. The van der Waals surface area contributed by atoms with Gasteiger partial charge in [0.2, 0.25) is 0 Å². The normalized spacial score (nSPS) is 21.4. The van der Waals surface area contributed by atoms with E-state index in [9.17, 15) is 4.79 Å². The summed E-state index contributed by atoms with van der Waals surface area (Å²) >= 11 is 0. The van der Waals surface area contributed by atoms with Crippen LogP contribution < -0.4 is 11.1 Å². The Morgan fingerprint density at radius 1 is 1.38 bits per heavy atom. The molecule has 3 N–H and O–H groups in total. The van der Waals surface area contributed by atoms with Gasteiger partial charge in [0.15, 0.2) is 5.82 Å². The molecule has 6 nitrogen and oxygen atoms in total. The van der Waals surface area contributed by atoms with Crippen molar-refractivity contribution in [2.45, 2.75) is 38.3 Å². The summed E-state index contributed by atoms with van der Waals surface area (Å²) in [7, 11) is 0. The average molecular weight is 286 g/mol. The number of nitrogens with one attached hydrogen (secondary N) is 1. The van der Waals surface area contributed by atoms with E-state index in [2.05, 4.69) is 15.5 Å². The van der Waals surface area contributed by atoms with Crippen molar-refractivity contribution in [3.05, 3.63) is 35.7 Å². The molecule has 0 radical (unpaired) electrons. The van der Waals surface area contributed by atoms with E-state index in [-0.39, 0.29) is 18.0 Å². The number of nitrogens with two attached hydrogens (primary N) is 1. The van der Waals surface area contributed by atoms with E-state index < -0.39 is 0 Å². The second-order valence-corrected chi connectivity index (χ2v) is 5.37. The Hall–Kier alpha value is -2.21. The minimum atomic E-state index is -0.149. The third-order valence-electron chi connectivity index (χ3n) is 3.82. The Morgan fingerprint density at radius 3 is 2.86 bits per heavy atom. The number of carbonyl (C=O) groups excluding carboxylic acids is 1. The second-order valence-electron chi connectivity index (χ2n) is 5.37. The van der Waals surface area contributed by atoms with Gasteiger partial charge in [-0.3, -0.25) is 4.79 Å². The first-order valence-electron chi connectivity index (χ1n) is 7.11. The van der Waals surface area contributed by atoms with Gasteiger partial charge in [0, 0.05) is 12.1 Å². The largest absolute Gasteiger partial charge is 0.348 e. The molecule has 6 heteroatoms. The van der Waals surface area contributed by atoms with Gasteiger partial charge in [-0.1, -0.05) is 17.3 Å². The van der Waals surface area contributed by atoms with Crippen LogP contribution >= 0.6 is 0 Å². The lowest BCUT2D eigenvalue weighted by molar-refractivity contribution is 0.0935. The van der Waals surface area contributed by atoms with Gasteiger partial charge in [0.1, 0.15) is 0 Å². The van der Waals surface area contributed by atoms with Gasteiger partial charge in [0.25, 0.3) is 11.8 Å². The van der Waals surface area contributed by atoms with Crippen molar-refractivity contribution in [2.75, 3.05) is 0 Å². The molecule has 1 aliphatic carbocycles. The van der Waals surface area contributed by atoms with Gasteiger partial charge in [0.05, 0.1) is 11.1 Å².